The van der Waals surface area contributed by atoms with Gasteiger partial charge in [-0.3, -0.25) is 14.3 Å². The molecule has 1 aromatic carbocycles. The Morgan fingerprint density at radius 3 is 2.50 bits per heavy atom. The number of piperazine rings is 1. The van der Waals surface area contributed by atoms with Crippen LogP contribution >= 0.6 is 0 Å². The number of carbonyl (C=O) groups excluding carboxylic acids is 2. The highest BCUT2D eigenvalue weighted by Gasteiger charge is 2.32. The van der Waals surface area contributed by atoms with Crippen LogP contribution in [0.5, 0.6) is 0 Å². The molecule has 2 amide bonds. The van der Waals surface area contributed by atoms with Crippen molar-refractivity contribution in [2.24, 2.45) is 13.0 Å². The second kappa shape index (κ2) is 9.33. The molecule has 1 aliphatic rings. The fraction of sp³-hybridized carbons (Fsp3) is 0.435. The molecule has 3 aromatic rings. The molecule has 168 valence electrons. The summed E-state index contributed by atoms with van der Waals surface area (Å²) < 4.78 is 1.73. The summed E-state index contributed by atoms with van der Waals surface area (Å²) in [6.45, 7) is 6.49. The van der Waals surface area contributed by atoms with E-state index in [1.807, 2.05) is 44.0 Å². The number of fused-ring (bicyclic) bond motifs is 1. The Balaban J connectivity index is 1.44. The molecule has 3 heterocycles. The number of anilines is 1. The van der Waals surface area contributed by atoms with Gasteiger partial charge in [0, 0.05) is 38.8 Å². The fourth-order valence-corrected chi connectivity index (χ4v) is 4.03. The second-order valence-corrected chi connectivity index (χ2v) is 8.22. The molecular formula is C23H29N7O2. The number of nitrogens with one attached hydrogen (secondary N) is 1. The summed E-state index contributed by atoms with van der Waals surface area (Å²) in [5.41, 5.74) is 1.34. The number of nitrogens with zero attached hydrogens (tertiary/aromatic N) is 6. The van der Waals surface area contributed by atoms with Gasteiger partial charge in [-0.1, -0.05) is 38.5 Å². The normalized spacial score (nSPS) is 16.1. The van der Waals surface area contributed by atoms with E-state index in [4.69, 9.17) is 0 Å². The minimum Gasteiger partial charge on any atom is -0.352 e. The third kappa shape index (κ3) is 4.28. The maximum absolute atomic E-state index is 13.4. The van der Waals surface area contributed by atoms with Gasteiger partial charge in [0.05, 0.1) is 11.6 Å². The number of aryl methyl sites for hydroxylation is 1. The van der Waals surface area contributed by atoms with Gasteiger partial charge in [-0.05, 0) is 18.1 Å². The van der Waals surface area contributed by atoms with Crippen molar-refractivity contribution in [3.05, 3.63) is 48.4 Å². The molecule has 0 radical (unpaired) electrons. The van der Waals surface area contributed by atoms with E-state index >= 15 is 0 Å². The quantitative estimate of drug-likeness (QED) is 0.635. The lowest BCUT2D eigenvalue weighted by atomic mass is 9.97. The molecule has 1 aliphatic heterocycles. The highest BCUT2D eigenvalue weighted by Crippen LogP contribution is 2.23. The van der Waals surface area contributed by atoms with Crippen molar-refractivity contribution in [2.45, 2.75) is 26.3 Å². The third-order valence-corrected chi connectivity index (χ3v) is 6.20. The van der Waals surface area contributed by atoms with Gasteiger partial charge in [0.25, 0.3) is 5.91 Å². The van der Waals surface area contributed by atoms with E-state index in [0.717, 1.165) is 23.3 Å². The Labute approximate surface area is 187 Å². The van der Waals surface area contributed by atoms with Gasteiger partial charge in [0.15, 0.2) is 5.65 Å². The summed E-state index contributed by atoms with van der Waals surface area (Å²) in [6, 6.07) is 8.47. The van der Waals surface area contributed by atoms with Crippen molar-refractivity contribution in [3.63, 3.8) is 0 Å². The van der Waals surface area contributed by atoms with Crippen LogP contribution in [0.25, 0.3) is 11.0 Å². The topological polar surface area (TPSA) is 96.2 Å². The van der Waals surface area contributed by atoms with Gasteiger partial charge in [0.2, 0.25) is 5.91 Å². The van der Waals surface area contributed by atoms with Crippen molar-refractivity contribution in [1.29, 1.82) is 0 Å². The smallest absolute Gasteiger partial charge is 0.251 e. The highest BCUT2D eigenvalue weighted by molar-refractivity contribution is 5.97. The van der Waals surface area contributed by atoms with E-state index in [-0.39, 0.29) is 17.7 Å². The van der Waals surface area contributed by atoms with E-state index in [0.29, 0.717) is 31.7 Å². The van der Waals surface area contributed by atoms with E-state index in [2.05, 4.69) is 25.3 Å². The summed E-state index contributed by atoms with van der Waals surface area (Å²) >= 11 is 0. The first-order valence-electron chi connectivity index (χ1n) is 11.0. The lowest BCUT2D eigenvalue weighted by molar-refractivity contribution is -0.134. The minimum atomic E-state index is -0.552. The van der Waals surface area contributed by atoms with Gasteiger partial charge in [0.1, 0.15) is 18.2 Å². The molecule has 9 nitrogen and oxygen atoms in total. The molecule has 0 spiro atoms. The van der Waals surface area contributed by atoms with E-state index in [1.54, 1.807) is 29.3 Å². The molecular weight excluding hydrogens is 406 g/mol. The van der Waals surface area contributed by atoms with Gasteiger partial charge < -0.3 is 15.1 Å². The summed E-state index contributed by atoms with van der Waals surface area (Å²) in [4.78, 5) is 38.9. The first-order chi connectivity index (χ1) is 15.5. The number of benzene rings is 1. The lowest BCUT2D eigenvalue weighted by Crippen LogP contribution is -2.56. The van der Waals surface area contributed by atoms with Crippen molar-refractivity contribution >= 4 is 28.7 Å². The first kappa shape index (κ1) is 21.7. The van der Waals surface area contributed by atoms with Crippen LogP contribution in [0.15, 0.2) is 42.9 Å². The average Bonchev–Trinajstić information content (AvgIpc) is 3.23. The monoisotopic (exact) mass is 435 g/mol. The molecule has 1 N–H and O–H groups in total. The van der Waals surface area contributed by atoms with E-state index < -0.39 is 6.04 Å². The summed E-state index contributed by atoms with van der Waals surface area (Å²) in [5.74, 6) is 0.622. The van der Waals surface area contributed by atoms with Crippen molar-refractivity contribution in [2.75, 3.05) is 31.1 Å². The summed E-state index contributed by atoms with van der Waals surface area (Å²) in [7, 11) is 1.86. The Hall–Kier alpha value is -3.49. The summed E-state index contributed by atoms with van der Waals surface area (Å²) in [6.07, 6.45) is 4.13. The Morgan fingerprint density at radius 2 is 1.81 bits per heavy atom. The molecule has 0 aliphatic carbocycles. The van der Waals surface area contributed by atoms with Crippen LogP contribution in [0.1, 0.15) is 30.6 Å². The number of carbonyl (C=O) groups is 2. The highest BCUT2D eigenvalue weighted by atomic mass is 16.2. The molecule has 2 unspecified atom stereocenters. The third-order valence-electron chi connectivity index (χ3n) is 6.20. The van der Waals surface area contributed by atoms with Crippen LogP contribution in [0.4, 0.5) is 5.82 Å². The van der Waals surface area contributed by atoms with Gasteiger partial charge in [-0.25, -0.2) is 9.97 Å². The van der Waals surface area contributed by atoms with Crippen LogP contribution in [0, 0.1) is 5.92 Å². The van der Waals surface area contributed by atoms with Crippen molar-refractivity contribution in [3.8, 4) is 0 Å². The van der Waals surface area contributed by atoms with Crippen LogP contribution in [0.3, 0.4) is 0 Å². The number of aromatic nitrogens is 4. The molecule has 32 heavy (non-hydrogen) atoms. The molecule has 0 bridgehead atoms. The zero-order valence-corrected chi connectivity index (χ0v) is 18.7. The molecule has 0 saturated carbocycles. The molecule has 2 aromatic heterocycles. The van der Waals surface area contributed by atoms with Crippen LogP contribution in [-0.4, -0.2) is 68.7 Å². The maximum atomic E-state index is 13.4. The number of hydrogen-bond acceptors (Lipinski definition) is 6. The van der Waals surface area contributed by atoms with Crippen LogP contribution < -0.4 is 10.2 Å². The SMILES string of the molecule is CCC(C)C(NC(=O)c1ccccc1)C(=O)N1CCN(c2ncnc3c2cnn3C)CC1. The van der Waals surface area contributed by atoms with E-state index in [9.17, 15) is 9.59 Å². The summed E-state index contributed by atoms with van der Waals surface area (Å²) in [5, 5.41) is 8.16. The number of hydrogen-bond donors (Lipinski definition) is 1. The second-order valence-electron chi connectivity index (χ2n) is 8.22. The largest absolute Gasteiger partial charge is 0.352 e. The molecule has 1 saturated heterocycles. The van der Waals surface area contributed by atoms with Crippen LogP contribution in [-0.2, 0) is 11.8 Å². The zero-order valence-electron chi connectivity index (χ0n) is 18.7. The zero-order chi connectivity index (χ0) is 22.7. The first-order valence-corrected chi connectivity index (χ1v) is 11.0. The van der Waals surface area contributed by atoms with Gasteiger partial charge >= 0.3 is 0 Å². The predicted octanol–water partition coefficient (Wildman–Crippen LogP) is 1.86. The molecule has 2 atom stereocenters. The van der Waals surface area contributed by atoms with E-state index in [1.165, 1.54) is 0 Å². The maximum Gasteiger partial charge on any atom is 0.251 e. The van der Waals surface area contributed by atoms with Crippen molar-refractivity contribution in [1.82, 2.24) is 30.0 Å². The Morgan fingerprint density at radius 1 is 1.09 bits per heavy atom. The minimum absolute atomic E-state index is 0.0301. The van der Waals surface area contributed by atoms with Crippen LogP contribution in [0.2, 0.25) is 0 Å². The standard InChI is InChI=1S/C23H29N7O2/c1-4-16(2)19(27-22(31)17-8-6-5-7-9-17)23(32)30-12-10-29(11-13-30)21-18-14-26-28(3)20(18)24-15-25-21/h5-9,14-16,19H,4,10-13H2,1-3H3,(H,27,31). The van der Waals surface area contributed by atoms with Crippen molar-refractivity contribution < 1.29 is 9.59 Å². The fourth-order valence-electron chi connectivity index (χ4n) is 4.03. The Bertz CT molecular complexity index is 1090. The Kier molecular flexibility index (Phi) is 6.34. The van der Waals surface area contributed by atoms with Gasteiger partial charge in [-0.2, -0.15) is 5.10 Å². The predicted molar refractivity (Wildman–Crippen MR) is 122 cm³/mol. The number of amides is 2. The van der Waals surface area contributed by atoms with Gasteiger partial charge in [-0.15, -0.1) is 0 Å². The average molecular weight is 436 g/mol. The molecule has 1 fully saturated rings. The molecule has 9 heteroatoms. The molecule has 4 rings (SSSR count). The lowest BCUT2D eigenvalue weighted by Gasteiger charge is -2.38. The number of rotatable bonds is 6.